The summed E-state index contributed by atoms with van der Waals surface area (Å²) in [5, 5.41) is 10.9. The van der Waals surface area contributed by atoms with E-state index in [1.165, 1.54) is 5.56 Å². The molecule has 29 heavy (non-hydrogen) atoms. The van der Waals surface area contributed by atoms with E-state index in [0.29, 0.717) is 6.61 Å². The van der Waals surface area contributed by atoms with Crippen molar-refractivity contribution in [1.29, 1.82) is 5.26 Å². The molecule has 0 unspecified atom stereocenters. The van der Waals surface area contributed by atoms with Gasteiger partial charge in [-0.05, 0) is 55.3 Å². The highest BCUT2D eigenvalue weighted by Crippen LogP contribution is 2.34. The van der Waals surface area contributed by atoms with Crippen LogP contribution in [0.4, 0.5) is 0 Å². The molecule has 5 heteroatoms. The minimum atomic E-state index is 0.664. The molecular weight excluding hydrogens is 362 g/mol. The summed E-state index contributed by atoms with van der Waals surface area (Å²) in [5.74, 6) is 0.857. The third kappa shape index (κ3) is 4.00. The molecule has 1 aliphatic rings. The molecule has 1 aliphatic heterocycles. The zero-order valence-corrected chi connectivity index (χ0v) is 17.1. The Morgan fingerprint density at radius 3 is 2.55 bits per heavy atom. The SMILES string of the molecule is CCn1c(-c2ccc(OCCN3CCOCC3)cc2)c(C#N)c2ccc(C)cc21. The number of aryl methyl sites for hydroxylation is 2. The summed E-state index contributed by atoms with van der Waals surface area (Å²) < 4.78 is 13.5. The Labute approximate surface area is 172 Å². The third-order valence-electron chi connectivity index (χ3n) is 5.56. The Bertz CT molecular complexity index is 1020. The first-order chi connectivity index (χ1) is 14.2. The van der Waals surface area contributed by atoms with Gasteiger partial charge in [-0.2, -0.15) is 5.26 Å². The van der Waals surface area contributed by atoms with Crippen LogP contribution in [0.15, 0.2) is 42.5 Å². The summed E-state index contributed by atoms with van der Waals surface area (Å²) in [4.78, 5) is 2.36. The normalized spacial score (nSPS) is 14.8. The Hall–Kier alpha value is -2.81. The second-order valence-electron chi connectivity index (χ2n) is 7.43. The summed E-state index contributed by atoms with van der Waals surface area (Å²) in [7, 11) is 0. The fraction of sp³-hybridized carbons (Fsp3) is 0.375. The number of ether oxygens (including phenoxy) is 2. The maximum Gasteiger partial charge on any atom is 0.119 e. The van der Waals surface area contributed by atoms with Gasteiger partial charge in [-0.15, -0.1) is 0 Å². The van der Waals surface area contributed by atoms with Crippen LogP contribution >= 0.6 is 0 Å². The van der Waals surface area contributed by atoms with Crippen molar-refractivity contribution in [3.05, 3.63) is 53.6 Å². The van der Waals surface area contributed by atoms with Gasteiger partial charge in [0.05, 0.1) is 30.0 Å². The van der Waals surface area contributed by atoms with Crippen LogP contribution in [0.25, 0.3) is 22.2 Å². The molecule has 0 bridgehead atoms. The lowest BCUT2D eigenvalue weighted by Gasteiger charge is -2.26. The lowest BCUT2D eigenvalue weighted by atomic mass is 10.1. The number of nitrogens with zero attached hydrogens (tertiary/aromatic N) is 3. The molecular formula is C24H27N3O2. The van der Waals surface area contributed by atoms with Crippen molar-refractivity contribution in [3.8, 4) is 23.1 Å². The summed E-state index contributed by atoms with van der Waals surface area (Å²) in [5.41, 5.74) is 5.07. The second kappa shape index (κ2) is 8.69. The van der Waals surface area contributed by atoms with Crippen LogP contribution in [0.1, 0.15) is 18.1 Å². The van der Waals surface area contributed by atoms with E-state index in [4.69, 9.17) is 9.47 Å². The predicted octanol–water partition coefficient (Wildman–Crippen LogP) is 4.22. The molecule has 0 radical (unpaired) electrons. The van der Waals surface area contributed by atoms with E-state index >= 15 is 0 Å². The highest BCUT2D eigenvalue weighted by atomic mass is 16.5. The number of fused-ring (bicyclic) bond motifs is 1. The summed E-state index contributed by atoms with van der Waals surface area (Å²) in [6.07, 6.45) is 0. The van der Waals surface area contributed by atoms with Gasteiger partial charge in [-0.1, -0.05) is 12.1 Å². The number of hydrogen-bond donors (Lipinski definition) is 0. The fourth-order valence-electron chi connectivity index (χ4n) is 4.03. The maximum atomic E-state index is 9.85. The molecule has 0 N–H and O–H groups in total. The van der Waals surface area contributed by atoms with E-state index in [-0.39, 0.29) is 0 Å². The van der Waals surface area contributed by atoms with Crippen molar-refractivity contribution in [2.75, 3.05) is 39.5 Å². The highest BCUT2D eigenvalue weighted by Gasteiger charge is 2.18. The summed E-state index contributed by atoms with van der Waals surface area (Å²) >= 11 is 0. The first-order valence-corrected chi connectivity index (χ1v) is 10.3. The van der Waals surface area contributed by atoms with Crippen molar-refractivity contribution < 1.29 is 9.47 Å². The highest BCUT2D eigenvalue weighted by molar-refractivity contribution is 5.94. The molecule has 150 valence electrons. The molecule has 1 fully saturated rings. The standard InChI is InChI=1S/C24H27N3O2/c1-3-27-23-16-18(2)4-9-21(23)22(17-25)24(27)19-5-7-20(8-6-19)29-15-12-26-10-13-28-14-11-26/h4-9,16H,3,10-15H2,1-2H3. The Morgan fingerprint density at radius 2 is 1.86 bits per heavy atom. The topological polar surface area (TPSA) is 50.4 Å². The van der Waals surface area contributed by atoms with Crippen LogP contribution in [0.5, 0.6) is 5.75 Å². The second-order valence-corrected chi connectivity index (χ2v) is 7.43. The molecule has 0 amide bonds. The quantitative estimate of drug-likeness (QED) is 0.633. The zero-order chi connectivity index (χ0) is 20.2. The molecule has 1 aromatic heterocycles. The van der Waals surface area contributed by atoms with E-state index in [2.05, 4.69) is 59.7 Å². The molecule has 0 spiro atoms. The smallest absolute Gasteiger partial charge is 0.119 e. The number of benzene rings is 2. The van der Waals surface area contributed by atoms with E-state index < -0.39 is 0 Å². The van der Waals surface area contributed by atoms with E-state index in [0.717, 1.165) is 72.9 Å². The Morgan fingerprint density at radius 1 is 1.10 bits per heavy atom. The molecule has 2 heterocycles. The summed E-state index contributed by atoms with van der Waals surface area (Å²) in [6.45, 7) is 10.2. The predicted molar refractivity (Wildman–Crippen MR) is 115 cm³/mol. The lowest BCUT2D eigenvalue weighted by Crippen LogP contribution is -2.38. The maximum absolute atomic E-state index is 9.85. The van der Waals surface area contributed by atoms with E-state index in [9.17, 15) is 5.26 Å². The third-order valence-corrected chi connectivity index (χ3v) is 5.56. The van der Waals surface area contributed by atoms with Crippen LogP contribution in [0.3, 0.4) is 0 Å². The van der Waals surface area contributed by atoms with Crippen LogP contribution in [0.2, 0.25) is 0 Å². The number of nitriles is 1. The van der Waals surface area contributed by atoms with Gasteiger partial charge in [-0.25, -0.2) is 0 Å². The number of aromatic nitrogens is 1. The molecule has 2 aromatic carbocycles. The Balaban J connectivity index is 1.55. The molecule has 3 aromatic rings. The minimum absolute atomic E-state index is 0.664. The largest absolute Gasteiger partial charge is 0.492 e. The molecule has 0 atom stereocenters. The van der Waals surface area contributed by atoms with E-state index in [1.54, 1.807) is 0 Å². The van der Waals surface area contributed by atoms with Gasteiger partial charge in [0.15, 0.2) is 0 Å². The first kappa shape index (κ1) is 19.5. The van der Waals surface area contributed by atoms with Gasteiger partial charge in [0, 0.05) is 31.6 Å². The van der Waals surface area contributed by atoms with Crippen molar-refractivity contribution in [3.63, 3.8) is 0 Å². The van der Waals surface area contributed by atoms with Crippen molar-refractivity contribution in [2.24, 2.45) is 0 Å². The van der Waals surface area contributed by atoms with Crippen LogP contribution in [0, 0.1) is 18.3 Å². The minimum Gasteiger partial charge on any atom is -0.492 e. The van der Waals surface area contributed by atoms with Gasteiger partial charge in [-0.3, -0.25) is 4.90 Å². The van der Waals surface area contributed by atoms with Crippen LogP contribution < -0.4 is 4.74 Å². The molecule has 1 saturated heterocycles. The summed E-state index contributed by atoms with van der Waals surface area (Å²) in [6, 6.07) is 16.8. The fourth-order valence-corrected chi connectivity index (χ4v) is 4.03. The van der Waals surface area contributed by atoms with Gasteiger partial charge in [0.1, 0.15) is 18.4 Å². The van der Waals surface area contributed by atoms with E-state index in [1.807, 2.05) is 12.1 Å². The van der Waals surface area contributed by atoms with Crippen molar-refractivity contribution in [1.82, 2.24) is 9.47 Å². The van der Waals surface area contributed by atoms with Crippen LogP contribution in [-0.4, -0.2) is 48.9 Å². The zero-order valence-electron chi connectivity index (χ0n) is 17.1. The number of rotatable bonds is 6. The van der Waals surface area contributed by atoms with Crippen molar-refractivity contribution >= 4 is 10.9 Å². The number of hydrogen-bond acceptors (Lipinski definition) is 4. The average Bonchev–Trinajstić information content (AvgIpc) is 3.07. The van der Waals surface area contributed by atoms with Gasteiger partial charge in [0.25, 0.3) is 0 Å². The van der Waals surface area contributed by atoms with Gasteiger partial charge in [0.2, 0.25) is 0 Å². The van der Waals surface area contributed by atoms with Crippen LogP contribution in [-0.2, 0) is 11.3 Å². The molecule has 0 aliphatic carbocycles. The molecule has 0 saturated carbocycles. The first-order valence-electron chi connectivity index (χ1n) is 10.3. The lowest BCUT2D eigenvalue weighted by molar-refractivity contribution is 0.0322. The Kier molecular flexibility index (Phi) is 5.84. The van der Waals surface area contributed by atoms with Gasteiger partial charge < -0.3 is 14.0 Å². The number of morpholine rings is 1. The van der Waals surface area contributed by atoms with Crippen molar-refractivity contribution in [2.45, 2.75) is 20.4 Å². The monoisotopic (exact) mass is 389 g/mol. The molecule has 5 nitrogen and oxygen atoms in total. The van der Waals surface area contributed by atoms with Gasteiger partial charge >= 0.3 is 0 Å². The molecule has 4 rings (SSSR count). The average molecular weight is 389 g/mol.